The molecule has 39 heavy (non-hydrogen) atoms. The van der Waals surface area contributed by atoms with Crippen molar-refractivity contribution in [2.24, 2.45) is 0 Å². The van der Waals surface area contributed by atoms with Crippen LogP contribution in [0.15, 0.2) is 121 Å². The van der Waals surface area contributed by atoms with Gasteiger partial charge in [-0.05, 0) is 28.8 Å². The van der Waals surface area contributed by atoms with Crippen LogP contribution in [0.4, 0.5) is 0 Å². The van der Waals surface area contributed by atoms with Crippen LogP contribution in [0.25, 0.3) is 0 Å². The molecule has 0 amide bonds. The van der Waals surface area contributed by atoms with E-state index in [0.717, 1.165) is 16.7 Å². The van der Waals surface area contributed by atoms with Gasteiger partial charge in [0.05, 0.1) is 33.3 Å². The minimum atomic E-state index is -4.61. The van der Waals surface area contributed by atoms with Gasteiger partial charge in [-0.2, -0.15) is 0 Å². The minimum absolute atomic E-state index is 0.0197. The van der Waals surface area contributed by atoms with Gasteiger partial charge >= 0.3 is 0 Å². The fraction of sp³-hybridized carbons (Fsp3) is 0.250. The first-order valence-electron chi connectivity index (χ1n) is 15.2. The van der Waals surface area contributed by atoms with Gasteiger partial charge < -0.3 is 23.8 Å². The van der Waals surface area contributed by atoms with Crippen LogP contribution in [0.5, 0.6) is 0 Å². The highest BCUT2D eigenvalue weighted by atomic mass is 31.2. The summed E-state index contributed by atoms with van der Waals surface area (Å²) in [5.41, 5.74) is 2.51. The summed E-state index contributed by atoms with van der Waals surface area (Å²) < 4.78 is 80.7. The molecule has 0 saturated carbocycles. The van der Waals surface area contributed by atoms with Gasteiger partial charge in [-0.1, -0.05) is 109 Å². The van der Waals surface area contributed by atoms with Gasteiger partial charge in [0.1, 0.15) is 18.3 Å². The lowest BCUT2D eigenvalue weighted by Crippen LogP contribution is -2.55. The number of aliphatic hydroxyl groups excluding tert-OH is 1. The Morgan fingerprint density at radius 2 is 1.21 bits per heavy atom. The number of ether oxygens (including phenoxy) is 3. The summed E-state index contributed by atoms with van der Waals surface area (Å²) >= 11 is 0. The highest BCUT2D eigenvalue weighted by Crippen LogP contribution is 2.57. The van der Waals surface area contributed by atoms with Crippen LogP contribution in [-0.2, 0) is 43.1 Å². The van der Waals surface area contributed by atoms with Crippen molar-refractivity contribution in [1.29, 1.82) is 0 Å². The van der Waals surface area contributed by atoms with Crippen molar-refractivity contribution < 1.29 is 35.3 Å². The lowest BCUT2D eigenvalue weighted by atomic mass is 10.1. The molecular weight excluding hydrogens is 511 g/mol. The monoisotopic (exact) mass is 549 g/mol. The zero-order valence-corrected chi connectivity index (χ0v) is 22.1. The highest BCUT2D eigenvalue weighted by molar-refractivity contribution is 7.67. The second-order valence-electron chi connectivity index (χ2n) is 9.15. The van der Waals surface area contributed by atoms with Crippen LogP contribution in [0.2, 0.25) is 0 Å². The van der Waals surface area contributed by atoms with Crippen molar-refractivity contribution in [3.63, 3.8) is 0 Å². The molecule has 1 saturated heterocycles. The molecule has 7 heteroatoms. The molecule has 1 fully saturated rings. The first-order valence-corrected chi connectivity index (χ1v) is 14.4. The number of hydrogen-bond donors (Lipinski definition) is 1. The fourth-order valence-electron chi connectivity index (χ4n) is 4.39. The van der Waals surface area contributed by atoms with E-state index in [-0.39, 0.29) is 26.4 Å². The molecule has 6 nitrogen and oxygen atoms in total. The molecule has 5 unspecified atom stereocenters. The zero-order chi connectivity index (χ0) is 31.3. The van der Waals surface area contributed by atoms with Gasteiger partial charge in [0.25, 0.3) is 7.37 Å². The summed E-state index contributed by atoms with van der Waals surface area (Å²) in [6.07, 6.45) is -3.38. The predicted octanol–water partition coefficient (Wildman–Crippen LogP) is 5.69. The molecular formula is C32H33O6P. The fourth-order valence-corrected chi connectivity index (χ4v) is 6.54. The molecule has 4 aromatic rings. The second kappa shape index (κ2) is 13.3. The van der Waals surface area contributed by atoms with Crippen molar-refractivity contribution in [2.45, 2.75) is 44.0 Å². The summed E-state index contributed by atoms with van der Waals surface area (Å²) in [6.45, 7) is 0.185. The summed E-state index contributed by atoms with van der Waals surface area (Å²) in [5.74, 6) is -1.92. The van der Waals surface area contributed by atoms with Crippen LogP contribution in [0.1, 0.15) is 23.5 Å². The summed E-state index contributed by atoms with van der Waals surface area (Å²) in [6, 6.07) is 24.5. The molecule has 1 N–H and O–H groups in total. The van der Waals surface area contributed by atoms with E-state index in [0.29, 0.717) is 0 Å². The minimum Gasteiger partial charge on any atom is -0.380 e. The van der Waals surface area contributed by atoms with Crippen molar-refractivity contribution in [3.8, 4) is 0 Å². The third-order valence-electron chi connectivity index (χ3n) is 6.39. The lowest BCUT2D eigenvalue weighted by Gasteiger charge is -2.44. The van der Waals surface area contributed by atoms with E-state index in [2.05, 4.69) is 0 Å². The van der Waals surface area contributed by atoms with E-state index in [1.807, 2.05) is 91.0 Å². The molecule has 1 heterocycles. The van der Waals surface area contributed by atoms with Crippen molar-refractivity contribution >= 4 is 12.7 Å². The number of rotatable bonds is 11. The molecule has 0 radical (unpaired) electrons. The smallest absolute Gasteiger partial charge is 0.262 e. The molecule has 202 valence electrons. The van der Waals surface area contributed by atoms with E-state index in [4.69, 9.17) is 25.6 Å². The summed E-state index contributed by atoms with van der Waals surface area (Å²) in [5, 5.41) is 11.1. The molecule has 5 rings (SSSR count). The Bertz CT molecular complexity index is 1570. The third kappa shape index (κ3) is 6.92. The van der Waals surface area contributed by atoms with Gasteiger partial charge in [-0.15, -0.1) is 0 Å². The Labute approximate surface area is 236 Å². The largest absolute Gasteiger partial charge is 0.380 e. The predicted molar refractivity (Wildman–Crippen MR) is 151 cm³/mol. The van der Waals surface area contributed by atoms with Gasteiger partial charge in [0.2, 0.25) is 0 Å². The Balaban J connectivity index is 1.54. The molecule has 1 aliphatic heterocycles. The van der Waals surface area contributed by atoms with E-state index >= 15 is 0 Å². The Morgan fingerprint density at radius 3 is 1.74 bits per heavy atom. The van der Waals surface area contributed by atoms with E-state index < -0.39 is 67.0 Å². The van der Waals surface area contributed by atoms with Crippen LogP contribution in [-0.4, -0.2) is 35.9 Å². The van der Waals surface area contributed by atoms with Gasteiger partial charge in [0, 0.05) is 5.30 Å². The van der Waals surface area contributed by atoms with Crippen LogP contribution in [0, 0.1) is 0 Å². The third-order valence-corrected chi connectivity index (χ3v) is 8.81. The molecule has 0 bridgehead atoms. The molecule has 1 aliphatic rings. The molecule has 0 aliphatic carbocycles. The average Bonchev–Trinajstić information content (AvgIpc) is 3.04. The highest BCUT2D eigenvalue weighted by Gasteiger charge is 2.54. The van der Waals surface area contributed by atoms with E-state index in [1.165, 1.54) is 0 Å². The second-order valence-corrected chi connectivity index (χ2v) is 11.5. The van der Waals surface area contributed by atoms with Crippen molar-refractivity contribution in [3.05, 3.63) is 138 Å². The number of aliphatic hydroxyl groups is 1. The topological polar surface area (TPSA) is 74.2 Å². The van der Waals surface area contributed by atoms with Crippen LogP contribution >= 0.6 is 7.37 Å². The van der Waals surface area contributed by atoms with Crippen LogP contribution in [0.3, 0.4) is 0 Å². The summed E-state index contributed by atoms with van der Waals surface area (Å²) in [7, 11) is -4.61. The quantitative estimate of drug-likeness (QED) is 0.242. The molecule has 4 aromatic carbocycles. The number of benzene rings is 4. The Kier molecular flexibility index (Phi) is 7.41. The van der Waals surface area contributed by atoms with Gasteiger partial charge in [-0.25, -0.2) is 0 Å². The first kappa shape index (κ1) is 21.7. The Morgan fingerprint density at radius 1 is 0.718 bits per heavy atom. The van der Waals surface area contributed by atoms with E-state index in [9.17, 15) is 9.67 Å². The molecule has 5 atom stereocenters. The Hall–Kier alpha value is -3.09. The average molecular weight is 550 g/mol. The lowest BCUT2D eigenvalue weighted by molar-refractivity contribution is -0.174. The SMILES string of the molecule is [2H]c1c([2H])c([2H])c(P2(=O)OC(COCc3ccccc3)C(OCc3ccccc3)C(OCc3ccccc3)C2O)c([2H])c1[2H]. The standard InChI is InChI=1S/C32H33O6P/c33-32-31(37-23-27-17-9-3-10-18-27)30(36-22-26-15-7-2-8-16-26)29(24-35-21-25-13-5-1-6-14-25)38-39(32,34)28-19-11-4-12-20-28/h1-20,29-33H,21-24H2/i4D,11D,12D,19D,20D. The normalized spacial score (nSPS) is 26.6. The zero-order valence-electron chi connectivity index (χ0n) is 26.2. The maximum absolute atomic E-state index is 14.8. The molecule has 0 aromatic heterocycles. The number of hydrogen-bond acceptors (Lipinski definition) is 6. The first-order chi connectivity index (χ1) is 21.2. The molecule has 0 spiro atoms. The van der Waals surface area contributed by atoms with Gasteiger partial charge in [-0.3, -0.25) is 4.57 Å². The van der Waals surface area contributed by atoms with Crippen molar-refractivity contribution in [1.82, 2.24) is 0 Å². The summed E-state index contributed by atoms with van der Waals surface area (Å²) in [4.78, 5) is 0. The maximum Gasteiger partial charge on any atom is 0.262 e. The maximum atomic E-state index is 14.8. The van der Waals surface area contributed by atoms with Crippen molar-refractivity contribution in [2.75, 3.05) is 6.61 Å². The van der Waals surface area contributed by atoms with Gasteiger partial charge in [0.15, 0.2) is 5.85 Å². The van der Waals surface area contributed by atoms with Crippen LogP contribution < -0.4 is 5.30 Å². The van der Waals surface area contributed by atoms with E-state index in [1.54, 1.807) is 0 Å².